The fourth-order valence-corrected chi connectivity index (χ4v) is 0.969. The molecule has 52 valence electrons. The van der Waals surface area contributed by atoms with Gasteiger partial charge in [0.15, 0.2) is 0 Å². The van der Waals surface area contributed by atoms with Crippen molar-refractivity contribution in [3.05, 3.63) is 0 Å². The topological polar surface area (TPSA) is 60.2 Å². The highest BCUT2D eigenvalue weighted by Gasteiger charge is 2.09. The highest BCUT2D eigenvalue weighted by Crippen LogP contribution is 2.04. The van der Waals surface area contributed by atoms with Gasteiger partial charge >= 0.3 is 8.46 Å². The van der Waals surface area contributed by atoms with Gasteiger partial charge in [0.2, 0.25) is 5.91 Å². The Kier molecular flexibility index (Phi) is 4.24. The van der Waals surface area contributed by atoms with Crippen LogP contribution in [-0.4, -0.2) is 12.1 Å². The molecule has 0 aliphatic heterocycles. The molecule has 2 N–H and O–H groups in total. The molecule has 4 heteroatoms. The lowest BCUT2D eigenvalue weighted by Crippen LogP contribution is -2.20. The molecule has 2 unspecified atom stereocenters. The summed E-state index contributed by atoms with van der Waals surface area (Å²) in [6, 6.07) is 0. The Balaban J connectivity index is 3.37. The first-order valence-electron chi connectivity index (χ1n) is 2.82. The minimum Gasteiger partial charge on any atom is -0.369 e. The zero-order valence-electron chi connectivity index (χ0n) is 5.39. The fourth-order valence-electron chi connectivity index (χ4n) is 0.418. The average Bonchev–Trinajstić information content (AvgIpc) is 1.82. The van der Waals surface area contributed by atoms with Gasteiger partial charge in [0, 0.05) is 12.3 Å². The Morgan fingerprint density at radius 2 is 2.33 bits per heavy atom. The SMILES string of the molecule is CC(CC[PH+]=O)C(N)=O. The predicted octanol–water partition coefficient (Wildman–Crippen LogP) is 0.522. The van der Waals surface area contributed by atoms with E-state index in [-0.39, 0.29) is 20.3 Å². The van der Waals surface area contributed by atoms with Crippen molar-refractivity contribution in [3.63, 3.8) is 0 Å². The quantitative estimate of drug-likeness (QED) is 0.591. The summed E-state index contributed by atoms with van der Waals surface area (Å²) in [5.41, 5.74) is 4.94. The Labute approximate surface area is 55.8 Å². The molecule has 3 nitrogen and oxygen atoms in total. The zero-order valence-corrected chi connectivity index (χ0v) is 6.39. The van der Waals surface area contributed by atoms with E-state index >= 15 is 0 Å². The zero-order chi connectivity index (χ0) is 7.28. The van der Waals surface area contributed by atoms with Crippen molar-refractivity contribution < 1.29 is 9.36 Å². The monoisotopic (exact) mass is 148 g/mol. The van der Waals surface area contributed by atoms with Crippen LogP contribution in [0.2, 0.25) is 0 Å². The standard InChI is InChI=1S/C5H10NO2P/c1-4(5(6)7)2-3-9-8/h4H,2-3H2,1H3,(H2,6,7)/p+1. The number of carbonyl (C=O) groups is 1. The Morgan fingerprint density at radius 3 is 2.67 bits per heavy atom. The lowest BCUT2D eigenvalue weighted by atomic mass is 10.1. The summed E-state index contributed by atoms with van der Waals surface area (Å²) in [6.07, 6.45) is 1.21. The van der Waals surface area contributed by atoms with Crippen molar-refractivity contribution in [2.45, 2.75) is 13.3 Å². The largest absolute Gasteiger partial charge is 0.369 e. The summed E-state index contributed by atoms with van der Waals surface area (Å²) in [5, 5.41) is 0. The van der Waals surface area contributed by atoms with Crippen LogP contribution < -0.4 is 5.73 Å². The smallest absolute Gasteiger partial charge is 0.324 e. The number of rotatable bonds is 4. The second kappa shape index (κ2) is 4.45. The molecule has 0 rings (SSSR count). The first-order chi connectivity index (χ1) is 4.18. The third-order valence-electron chi connectivity index (χ3n) is 1.17. The molecule has 0 saturated carbocycles. The molecule has 0 fully saturated rings. The van der Waals surface area contributed by atoms with Crippen molar-refractivity contribution in [2.24, 2.45) is 11.7 Å². The van der Waals surface area contributed by atoms with E-state index in [2.05, 4.69) is 0 Å². The third kappa shape index (κ3) is 4.10. The van der Waals surface area contributed by atoms with Gasteiger partial charge in [-0.1, -0.05) is 11.5 Å². The van der Waals surface area contributed by atoms with Crippen LogP contribution in [0.3, 0.4) is 0 Å². The van der Waals surface area contributed by atoms with Crippen LogP contribution in [0, 0.1) is 5.92 Å². The molecule has 0 radical (unpaired) electrons. The number of hydrogen-bond donors (Lipinski definition) is 1. The van der Waals surface area contributed by atoms with Crippen LogP contribution in [0.15, 0.2) is 0 Å². The summed E-state index contributed by atoms with van der Waals surface area (Å²) in [7, 11) is -0.314. The molecule has 0 aromatic heterocycles. The molecule has 0 saturated heterocycles. The number of primary amides is 1. The van der Waals surface area contributed by atoms with Gasteiger partial charge in [0.25, 0.3) is 0 Å². The number of nitrogens with two attached hydrogens (primary N) is 1. The summed E-state index contributed by atoms with van der Waals surface area (Å²) >= 11 is 0. The van der Waals surface area contributed by atoms with Crippen LogP contribution in [-0.2, 0) is 9.36 Å². The van der Waals surface area contributed by atoms with Crippen molar-refractivity contribution in [2.75, 3.05) is 6.16 Å². The predicted molar refractivity (Wildman–Crippen MR) is 36.8 cm³/mol. The van der Waals surface area contributed by atoms with Crippen LogP contribution in [0.5, 0.6) is 0 Å². The van der Waals surface area contributed by atoms with Gasteiger partial charge in [-0.15, -0.1) is 0 Å². The minimum atomic E-state index is -0.314. The summed E-state index contributed by atoms with van der Waals surface area (Å²) in [6.45, 7) is 1.74. The molecule has 1 amide bonds. The summed E-state index contributed by atoms with van der Waals surface area (Å²) in [4.78, 5) is 10.3. The van der Waals surface area contributed by atoms with E-state index in [1.54, 1.807) is 6.92 Å². The molecule has 9 heavy (non-hydrogen) atoms. The van der Waals surface area contributed by atoms with Gasteiger partial charge in [-0.3, -0.25) is 4.79 Å². The van der Waals surface area contributed by atoms with Gasteiger partial charge < -0.3 is 5.73 Å². The molecule has 0 bridgehead atoms. The molecule has 0 heterocycles. The lowest BCUT2D eigenvalue weighted by Gasteiger charge is -1.98. The van der Waals surface area contributed by atoms with Gasteiger partial charge in [-0.05, 0) is 0 Å². The molecule has 0 aliphatic rings. The van der Waals surface area contributed by atoms with Crippen LogP contribution >= 0.6 is 8.46 Å². The van der Waals surface area contributed by atoms with Crippen molar-refractivity contribution in [3.8, 4) is 0 Å². The van der Waals surface area contributed by atoms with E-state index in [9.17, 15) is 9.36 Å². The van der Waals surface area contributed by atoms with Crippen molar-refractivity contribution in [1.29, 1.82) is 0 Å². The van der Waals surface area contributed by atoms with E-state index in [1.165, 1.54) is 0 Å². The van der Waals surface area contributed by atoms with Gasteiger partial charge in [-0.25, -0.2) is 0 Å². The maximum Gasteiger partial charge on any atom is 0.324 e. The van der Waals surface area contributed by atoms with E-state index in [0.717, 1.165) is 0 Å². The Morgan fingerprint density at radius 1 is 1.78 bits per heavy atom. The molecule has 0 aromatic rings. The number of carbonyl (C=O) groups excluding carboxylic acids is 1. The Bertz CT molecular complexity index is 116. The molecule has 2 atom stereocenters. The highest BCUT2D eigenvalue weighted by atomic mass is 31.1. The molecular weight excluding hydrogens is 137 g/mol. The maximum atomic E-state index is 10.3. The van der Waals surface area contributed by atoms with Gasteiger partial charge in [0.05, 0.1) is 0 Å². The molecular formula is C5H11NO2P+. The summed E-state index contributed by atoms with van der Waals surface area (Å²) in [5.74, 6) is -0.445. The van der Waals surface area contributed by atoms with E-state index in [1.807, 2.05) is 0 Å². The highest BCUT2D eigenvalue weighted by molar-refractivity contribution is 7.23. The van der Waals surface area contributed by atoms with Gasteiger partial charge in [-0.2, -0.15) is 0 Å². The second-order valence-corrected chi connectivity index (χ2v) is 2.78. The van der Waals surface area contributed by atoms with E-state index in [4.69, 9.17) is 5.73 Å². The van der Waals surface area contributed by atoms with Crippen molar-refractivity contribution in [1.82, 2.24) is 0 Å². The van der Waals surface area contributed by atoms with Crippen molar-refractivity contribution >= 4 is 14.4 Å². The number of amides is 1. The fraction of sp³-hybridized carbons (Fsp3) is 0.800. The molecule has 0 aromatic carbocycles. The first kappa shape index (κ1) is 8.57. The number of hydrogen-bond acceptors (Lipinski definition) is 2. The molecule has 0 spiro atoms. The third-order valence-corrected chi connectivity index (χ3v) is 1.66. The van der Waals surface area contributed by atoms with E-state index < -0.39 is 0 Å². The second-order valence-electron chi connectivity index (χ2n) is 1.99. The molecule has 0 aliphatic carbocycles. The van der Waals surface area contributed by atoms with E-state index in [0.29, 0.717) is 12.6 Å². The first-order valence-corrected chi connectivity index (χ1v) is 3.94. The van der Waals surface area contributed by atoms with Crippen LogP contribution in [0.4, 0.5) is 0 Å². The minimum absolute atomic E-state index is 0.133. The lowest BCUT2D eigenvalue weighted by molar-refractivity contribution is -0.121. The summed E-state index contributed by atoms with van der Waals surface area (Å²) < 4.78 is 9.93. The van der Waals surface area contributed by atoms with Crippen LogP contribution in [0.1, 0.15) is 13.3 Å². The maximum absolute atomic E-state index is 10.3. The van der Waals surface area contributed by atoms with Gasteiger partial charge in [0.1, 0.15) is 6.16 Å². The normalized spacial score (nSPS) is 13.4. The Hall–Kier alpha value is -0.430. The average molecular weight is 148 g/mol. The van der Waals surface area contributed by atoms with Crippen LogP contribution in [0.25, 0.3) is 0 Å².